The van der Waals surface area contributed by atoms with E-state index < -0.39 is 5.97 Å². The summed E-state index contributed by atoms with van der Waals surface area (Å²) >= 11 is 0. The molecule has 8 heteroatoms. The van der Waals surface area contributed by atoms with Gasteiger partial charge in [0.15, 0.2) is 5.69 Å². The molecule has 0 radical (unpaired) electrons. The summed E-state index contributed by atoms with van der Waals surface area (Å²) in [7, 11) is 0. The molecule has 2 heterocycles. The summed E-state index contributed by atoms with van der Waals surface area (Å²) in [5, 5.41) is 13.0. The number of benzene rings is 1. The van der Waals surface area contributed by atoms with E-state index in [1.54, 1.807) is 0 Å². The highest BCUT2D eigenvalue weighted by atomic mass is 16.5. The lowest BCUT2D eigenvalue weighted by Crippen LogP contribution is -2.03. The maximum absolute atomic E-state index is 10.8. The van der Waals surface area contributed by atoms with Gasteiger partial charge in [0.1, 0.15) is 6.33 Å². The van der Waals surface area contributed by atoms with Crippen LogP contribution in [0.4, 0.5) is 0 Å². The zero-order chi connectivity index (χ0) is 14.7. The number of hydrogen-bond donors (Lipinski definition) is 1. The summed E-state index contributed by atoms with van der Waals surface area (Å²) in [4.78, 5) is 22.3. The lowest BCUT2D eigenvalue weighted by Gasteiger charge is -2.00. The topological polar surface area (TPSA) is 103 Å². The fourth-order valence-electron chi connectivity index (χ4n) is 1.59. The smallest absolute Gasteiger partial charge is 0.354 e. The average molecular weight is 283 g/mol. The number of carbonyl (C=O) groups is 1. The van der Waals surface area contributed by atoms with Crippen LogP contribution in [0.3, 0.4) is 0 Å². The zero-order valence-corrected chi connectivity index (χ0v) is 10.6. The van der Waals surface area contributed by atoms with E-state index in [2.05, 4.69) is 20.1 Å². The van der Waals surface area contributed by atoms with E-state index in [0.717, 1.165) is 5.69 Å². The summed E-state index contributed by atoms with van der Waals surface area (Å²) in [6.45, 7) is 0. The molecule has 0 unspecified atom stereocenters. The number of para-hydroxylation sites is 1. The van der Waals surface area contributed by atoms with Gasteiger partial charge in [0.25, 0.3) is 0 Å². The van der Waals surface area contributed by atoms with E-state index in [1.165, 1.54) is 23.3 Å². The Hall–Kier alpha value is -3.29. The van der Waals surface area contributed by atoms with Crippen LogP contribution in [0.5, 0.6) is 12.0 Å². The van der Waals surface area contributed by atoms with Crippen LogP contribution in [0.2, 0.25) is 0 Å². The highest BCUT2D eigenvalue weighted by Crippen LogP contribution is 2.14. The minimum atomic E-state index is -1.16. The molecule has 0 amide bonds. The number of aromatic nitrogens is 5. The van der Waals surface area contributed by atoms with Gasteiger partial charge >= 0.3 is 18.0 Å². The monoisotopic (exact) mass is 283 g/mol. The molecule has 0 atom stereocenters. The molecule has 3 aromatic rings. The van der Waals surface area contributed by atoms with Crippen molar-refractivity contribution in [3.8, 4) is 17.7 Å². The Balaban J connectivity index is 1.82. The lowest BCUT2D eigenvalue weighted by atomic mass is 10.3. The lowest BCUT2D eigenvalue weighted by molar-refractivity contribution is 0.0689. The van der Waals surface area contributed by atoms with Crippen LogP contribution in [0.25, 0.3) is 5.69 Å². The van der Waals surface area contributed by atoms with Gasteiger partial charge in [0.05, 0.1) is 5.69 Å². The predicted molar refractivity (Wildman–Crippen MR) is 70.4 cm³/mol. The Bertz CT molecular complexity index is 772. The molecule has 21 heavy (non-hydrogen) atoms. The summed E-state index contributed by atoms with van der Waals surface area (Å²) in [5.41, 5.74) is 0.655. The van der Waals surface area contributed by atoms with Crippen molar-refractivity contribution in [2.24, 2.45) is 0 Å². The van der Waals surface area contributed by atoms with Crippen molar-refractivity contribution in [2.45, 2.75) is 0 Å². The highest BCUT2D eigenvalue weighted by Gasteiger charge is 2.10. The third-order valence-electron chi connectivity index (χ3n) is 2.53. The first kappa shape index (κ1) is 12.7. The van der Waals surface area contributed by atoms with Gasteiger partial charge in [-0.25, -0.2) is 14.5 Å². The predicted octanol–water partition coefficient (Wildman–Crippen LogP) is 1.55. The van der Waals surface area contributed by atoms with Crippen LogP contribution in [0.1, 0.15) is 10.5 Å². The van der Waals surface area contributed by atoms with Gasteiger partial charge in [-0.3, -0.25) is 0 Å². The fourth-order valence-corrected chi connectivity index (χ4v) is 1.59. The SMILES string of the molecule is O=C(O)c1ccnc(Oc2ncn(-c3ccccc3)n2)n1. The number of carboxylic acids is 1. The van der Waals surface area contributed by atoms with Gasteiger partial charge in [0, 0.05) is 6.20 Å². The van der Waals surface area contributed by atoms with Crippen LogP contribution in [-0.4, -0.2) is 35.8 Å². The van der Waals surface area contributed by atoms with E-state index in [1.807, 2.05) is 30.3 Å². The van der Waals surface area contributed by atoms with Crippen molar-refractivity contribution in [1.82, 2.24) is 24.7 Å². The van der Waals surface area contributed by atoms with Crippen LogP contribution < -0.4 is 4.74 Å². The average Bonchev–Trinajstić information content (AvgIpc) is 2.97. The van der Waals surface area contributed by atoms with Gasteiger partial charge in [-0.15, -0.1) is 5.10 Å². The molecule has 0 bridgehead atoms. The van der Waals surface area contributed by atoms with Crippen LogP contribution in [-0.2, 0) is 0 Å². The maximum Gasteiger partial charge on any atom is 0.354 e. The second kappa shape index (κ2) is 5.37. The van der Waals surface area contributed by atoms with Crippen molar-refractivity contribution in [3.05, 3.63) is 54.6 Å². The number of aromatic carboxylic acids is 1. The van der Waals surface area contributed by atoms with E-state index in [0.29, 0.717) is 0 Å². The molecule has 0 spiro atoms. The molecule has 8 nitrogen and oxygen atoms in total. The number of ether oxygens (including phenoxy) is 1. The van der Waals surface area contributed by atoms with Crippen molar-refractivity contribution in [1.29, 1.82) is 0 Å². The summed E-state index contributed by atoms with van der Waals surface area (Å²) < 4.78 is 6.77. The first-order chi connectivity index (χ1) is 10.2. The molecule has 0 aliphatic rings. The Kier molecular flexibility index (Phi) is 3.26. The second-order valence-corrected chi connectivity index (χ2v) is 3.94. The second-order valence-electron chi connectivity index (χ2n) is 3.94. The number of nitrogens with zero attached hydrogens (tertiary/aromatic N) is 5. The Morgan fingerprint density at radius 3 is 2.67 bits per heavy atom. The standard InChI is InChI=1S/C13H9N5O3/c19-11(20)10-6-7-14-12(16-10)21-13-15-8-18(17-13)9-4-2-1-3-5-9/h1-8H,(H,19,20). The third kappa shape index (κ3) is 2.84. The normalized spacial score (nSPS) is 10.3. The van der Waals surface area contributed by atoms with Crippen molar-refractivity contribution in [3.63, 3.8) is 0 Å². The summed E-state index contributed by atoms with van der Waals surface area (Å²) in [5.74, 6) is -1.16. The molecule has 1 N–H and O–H groups in total. The van der Waals surface area contributed by atoms with Crippen molar-refractivity contribution < 1.29 is 14.6 Å². The molecular formula is C13H9N5O3. The maximum atomic E-state index is 10.8. The molecule has 0 aliphatic heterocycles. The van der Waals surface area contributed by atoms with Crippen LogP contribution >= 0.6 is 0 Å². The fraction of sp³-hybridized carbons (Fsp3) is 0. The minimum absolute atomic E-state index is 0.0291. The number of carboxylic acid groups (broad SMARTS) is 1. The molecule has 104 valence electrons. The molecule has 0 saturated heterocycles. The molecule has 0 saturated carbocycles. The van der Waals surface area contributed by atoms with Gasteiger partial charge in [-0.1, -0.05) is 18.2 Å². The van der Waals surface area contributed by atoms with Gasteiger partial charge in [-0.2, -0.15) is 9.97 Å². The van der Waals surface area contributed by atoms with Gasteiger partial charge in [-0.05, 0) is 18.2 Å². The quantitative estimate of drug-likeness (QED) is 0.774. The first-order valence-corrected chi connectivity index (χ1v) is 5.93. The first-order valence-electron chi connectivity index (χ1n) is 5.93. The third-order valence-corrected chi connectivity index (χ3v) is 2.53. The molecule has 2 aromatic heterocycles. The summed E-state index contributed by atoms with van der Waals surface area (Å²) in [6, 6.07) is 10.5. The number of hydrogen-bond acceptors (Lipinski definition) is 6. The molecule has 1 aromatic carbocycles. The van der Waals surface area contributed by atoms with Crippen molar-refractivity contribution >= 4 is 5.97 Å². The zero-order valence-electron chi connectivity index (χ0n) is 10.6. The van der Waals surface area contributed by atoms with Crippen LogP contribution in [0, 0.1) is 0 Å². The Labute approximate surface area is 118 Å². The van der Waals surface area contributed by atoms with E-state index in [9.17, 15) is 4.79 Å². The molecule has 0 fully saturated rings. The van der Waals surface area contributed by atoms with Gasteiger partial charge in [0.2, 0.25) is 0 Å². The largest absolute Gasteiger partial charge is 0.477 e. The van der Waals surface area contributed by atoms with Gasteiger partial charge < -0.3 is 9.84 Å². The summed E-state index contributed by atoms with van der Waals surface area (Å²) in [6.07, 6.45) is 2.77. The molecular weight excluding hydrogens is 274 g/mol. The Morgan fingerprint density at radius 2 is 1.90 bits per heavy atom. The van der Waals surface area contributed by atoms with E-state index >= 15 is 0 Å². The van der Waals surface area contributed by atoms with E-state index in [4.69, 9.17) is 9.84 Å². The van der Waals surface area contributed by atoms with Crippen molar-refractivity contribution in [2.75, 3.05) is 0 Å². The minimum Gasteiger partial charge on any atom is -0.477 e. The molecule has 3 rings (SSSR count). The number of rotatable bonds is 4. The Morgan fingerprint density at radius 1 is 1.10 bits per heavy atom. The van der Waals surface area contributed by atoms with Crippen LogP contribution in [0.15, 0.2) is 48.9 Å². The highest BCUT2D eigenvalue weighted by molar-refractivity contribution is 5.85. The van der Waals surface area contributed by atoms with E-state index in [-0.39, 0.29) is 17.7 Å². The molecule has 0 aliphatic carbocycles.